The molecule has 7 nitrogen and oxygen atoms in total. The van der Waals surface area contributed by atoms with Crippen LogP contribution in [0.1, 0.15) is 61.4 Å². The molecular weight excluding hydrogens is 610 g/mol. The van der Waals surface area contributed by atoms with Crippen LogP contribution in [0.4, 0.5) is 17.6 Å². The lowest BCUT2D eigenvalue weighted by Crippen LogP contribution is -2.28. The van der Waals surface area contributed by atoms with Gasteiger partial charge in [-0.25, -0.2) is 13.8 Å². The van der Waals surface area contributed by atoms with Gasteiger partial charge in [-0.1, -0.05) is 30.7 Å². The summed E-state index contributed by atoms with van der Waals surface area (Å²) in [6.07, 6.45) is 6.70. The highest BCUT2D eigenvalue weighted by Gasteiger charge is 2.35. The molecule has 2 aromatic heterocycles. The third-order valence-corrected chi connectivity index (χ3v) is 8.94. The fraction of sp³-hybridized carbons (Fsp3) is 0.278. The lowest BCUT2D eigenvalue weighted by Gasteiger charge is -2.30. The number of nitrogens with one attached hydrogen (secondary N) is 3. The number of aromatic nitrogens is 3. The molecule has 1 aliphatic heterocycles. The summed E-state index contributed by atoms with van der Waals surface area (Å²) in [5, 5.41) is 3.43. The number of carbonyl (C=O) groups excluding carboxylic acids is 1. The second-order valence-corrected chi connectivity index (χ2v) is 12.1. The maximum absolute atomic E-state index is 15.5. The zero-order valence-electron chi connectivity index (χ0n) is 25.8. The zero-order valence-corrected chi connectivity index (χ0v) is 25.8. The molecule has 3 heterocycles. The number of H-pyrrole nitrogens is 2. The molecule has 4 bridgehead atoms. The topological polar surface area (TPSA) is 109 Å². The highest BCUT2D eigenvalue weighted by molar-refractivity contribution is 5.85. The molecule has 1 atom stereocenters. The number of carbonyl (C=O) groups is 1. The van der Waals surface area contributed by atoms with E-state index < -0.39 is 35.1 Å². The van der Waals surface area contributed by atoms with E-state index in [1.165, 1.54) is 24.3 Å². The summed E-state index contributed by atoms with van der Waals surface area (Å²) in [7, 11) is 0. The first kappa shape index (κ1) is 31.9. The molecule has 0 saturated heterocycles. The first-order valence-electron chi connectivity index (χ1n) is 15.5. The summed E-state index contributed by atoms with van der Waals surface area (Å²) in [5.41, 5.74) is 8.01. The molecule has 1 unspecified atom stereocenters. The molecular formula is C36H35F4N5O2. The van der Waals surface area contributed by atoms with E-state index >= 15 is 17.6 Å². The van der Waals surface area contributed by atoms with Crippen LogP contribution in [0, 0.1) is 11.6 Å². The van der Waals surface area contributed by atoms with Gasteiger partial charge in [0.2, 0.25) is 0 Å². The van der Waals surface area contributed by atoms with Crippen LogP contribution >= 0.6 is 0 Å². The average Bonchev–Trinajstić information content (AvgIpc) is 3.74. The number of benzene rings is 3. The van der Waals surface area contributed by atoms with E-state index in [4.69, 9.17) is 10.5 Å². The second kappa shape index (κ2) is 13.0. The van der Waals surface area contributed by atoms with E-state index in [1.807, 2.05) is 31.2 Å². The molecule has 0 amide bonds. The molecule has 244 valence electrons. The smallest absolute Gasteiger partial charge is 0.288 e. The van der Waals surface area contributed by atoms with Crippen molar-refractivity contribution in [3.8, 4) is 22.9 Å². The molecule has 1 aliphatic rings. The molecule has 0 radical (unpaired) electrons. The van der Waals surface area contributed by atoms with Gasteiger partial charge in [0.1, 0.15) is 23.7 Å². The Labute approximate surface area is 269 Å². The van der Waals surface area contributed by atoms with Crippen LogP contribution in [0.15, 0.2) is 78.9 Å². The molecule has 0 fully saturated rings. The minimum atomic E-state index is -3.29. The van der Waals surface area contributed by atoms with Gasteiger partial charge in [0.15, 0.2) is 11.6 Å². The van der Waals surface area contributed by atoms with Crippen LogP contribution in [0.5, 0.6) is 11.5 Å². The van der Waals surface area contributed by atoms with Gasteiger partial charge in [0, 0.05) is 71.6 Å². The summed E-state index contributed by atoms with van der Waals surface area (Å²) >= 11 is 0. The normalized spacial score (nSPS) is 19.6. The summed E-state index contributed by atoms with van der Waals surface area (Å²) < 4.78 is 67.3. The summed E-state index contributed by atoms with van der Waals surface area (Å²) in [4.78, 5) is 21.8. The predicted octanol–water partition coefficient (Wildman–Crippen LogP) is 8.17. The average molecular weight is 646 g/mol. The van der Waals surface area contributed by atoms with Crippen molar-refractivity contribution < 1.29 is 27.1 Å². The molecule has 5 N–H and O–H groups in total. The number of nitrogens with two attached hydrogens (primary N) is 1. The summed E-state index contributed by atoms with van der Waals surface area (Å²) in [5.74, 6) is -4.30. The Hall–Kier alpha value is -5.06. The maximum Gasteiger partial charge on any atom is 0.288 e. The van der Waals surface area contributed by atoms with Crippen molar-refractivity contribution in [2.75, 3.05) is 0 Å². The molecule has 11 heteroatoms. The largest absolute Gasteiger partial charge is 0.454 e. The van der Waals surface area contributed by atoms with Crippen molar-refractivity contribution in [1.82, 2.24) is 20.3 Å². The standard InChI is InChI=1S/C36H35F4N5O2/c1-35(23-8-4-6-22(16-23)7-5-15-46)12-2-3-13-36(39,40)31(41)20-42-19-27-25-11-14-43-30(25)18-29(38)33(27)47-24-9-10-28(37)26(17-24)34-44-21-32(35)45-34/h4,6,8-11,14-18,20-21,42-43H,2-3,5,7,12-13,19,41H2,1H3,(H,44,45)/b31-20-. The van der Waals surface area contributed by atoms with Crippen molar-refractivity contribution in [1.29, 1.82) is 0 Å². The van der Waals surface area contributed by atoms with Gasteiger partial charge in [-0.3, -0.25) is 0 Å². The van der Waals surface area contributed by atoms with Crippen molar-refractivity contribution in [3.05, 3.63) is 113 Å². The maximum atomic E-state index is 15.5. The number of alkyl halides is 2. The van der Waals surface area contributed by atoms with Gasteiger partial charge in [-0.05, 0) is 61.6 Å². The number of allylic oxidation sites excluding steroid dienone is 1. The van der Waals surface area contributed by atoms with Crippen molar-refractivity contribution in [2.45, 2.75) is 63.3 Å². The Morgan fingerprint density at radius 3 is 2.70 bits per heavy atom. The molecule has 0 spiro atoms. The van der Waals surface area contributed by atoms with Crippen LogP contribution in [-0.2, 0) is 23.2 Å². The zero-order chi connectivity index (χ0) is 33.2. The van der Waals surface area contributed by atoms with Gasteiger partial charge in [-0.15, -0.1) is 0 Å². The number of hydrogen-bond acceptors (Lipinski definition) is 5. The van der Waals surface area contributed by atoms with Gasteiger partial charge in [-0.2, -0.15) is 8.78 Å². The van der Waals surface area contributed by atoms with E-state index in [0.717, 1.165) is 23.6 Å². The molecule has 5 aromatic rings. The van der Waals surface area contributed by atoms with Crippen molar-refractivity contribution in [3.63, 3.8) is 0 Å². The fourth-order valence-electron chi connectivity index (χ4n) is 6.18. The lowest BCUT2D eigenvalue weighted by molar-refractivity contribution is -0.107. The van der Waals surface area contributed by atoms with Crippen molar-refractivity contribution in [2.24, 2.45) is 5.73 Å². The number of nitrogens with zero attached hydrogens (tertiary/aromatic N) is 1. The van der Waals surface area contributed by atoms with Crippen LogP contribution in [0.3, 0.4) is 0 Å². The SMILES string of the molecule is CC1(c2cccc(CCC=O)c2)CCCCC(F)(F)/C(N)=C/NCc2c(c(F)cc3[nH]ccc23)Oc2ccc(F)c(c2)-c2ncc1[nH]2. The summed E-state index contributed by atoms with van der Waals surface area (Å²) in [6, 6.07) is 14.8. The Bertz CT molecular complexity index is 1950. The highest BCUT2D eigenvalue weighted by Crippen LogP contribution is 2.40. The minimum Gasteiger partial charge on any atom is -0.454 e. The Morgan fingerprint density at radius 1 is 1.04 bits per heavy atom. The number of imidazole rings is 1. The van der Waals surface area contributed by atoms with E-state index in [1.54, 1.807) is 18.5 Å². The van der Waals surface area contributed by atoms with Crippen LogP contribution in [0.2, 0.25) is 0 Å². The predicted molar refractivity (Wildman–Crippen MR) is 172 cm³/mol. The monoisotopic (exact) mass is 645 g/mol. The lowest BCUT2D eigenvalue weighted by atomic mass is 9.75. The molecule has 0 saturated carbocycles. The van der Waals surface area contributed by atoms with Crippen LogP contribution in [-0.4, -0.2) is 27.2 Å². The number of aromatic amines is 2. The number of fused-ring (bicyclic) bond motifs is 8. The van der Waals surface area contributed by atoms with Gasteiger partial charge >= 0.3 is 0 Å². The Morgan fingerprint density at radius 2 is 1.87 bits per heavy atom. The van der Waals surface area contributed by atoms with Crippen molar-refractivity contribution >= 4 is 17.2 Å². The third-order valence-electron chi connectivity index (χ3n) is 8.94. The Balaban J connectivity index is 1.46. The quantitative estimate of drug-likeness (QED) is 0.117. The third kappa shape index (κ3) is 6.47. The molecule has 0 aliphatic carbocycles. The van der Waals surface area contributed by atoms with Gasteiger partial charge < -0.3 is 30.5 Å². The van der Waals surface area contributed by atoms with Gasteiger partial charge in [0.05, 0.1) is 11.3 Å². The second-order valence-electron chi connectivity index (χ2n) is 12.1. The van der Waals surface area contributed by atoms with E-state index in [9.17, 15) is 4.79 Å². The number of hydrogen-bond donors (Lipinski definition) is 4. The summed E-state index contributed by atoms with van der Waals surface area (Å²) in [6.45, 7) is 1.91. The van der Waals surface area contributed by atoms with E-state index in [-0.39, 0.29) is 35.9 Å². The first-order valence-corrected chi connectivity index (χ1v) is 15.5. The number of ether oxygens (including phenoxy) is 1. The molecule has 6 rings (SSSR count). The molecule has 3 aromatic carbocycles. The number of aryl methyl sites for hydroxylation is 1. The number of rotatable bonds is 4. The minimum absolute atomic E-state index is 0.0713. The van der Waals surface area contributed by atoms with Crippen LogP contribution in [0.25, 0.3) is 22.3 Å². The van der Waals surface area contributed by atoms with E-state index in [2.05, 4.69) is 20.3 Å². The number of halogens is 4. The molecule has 47 heavy (non-hydrogen) atoms. The van der Waals surface area contributed by atoms with E-state index in [0.29, 0.717) is 47.8 Å². The highest BCUT2D eigenvalue weighted by atomic mass is 19.3. The van der Waals surface area contributed by atoms with Crippen LogP contribution < -0.4 is 15.8 Å². The first-order chi connectivity index (χ1) is 22.6. The fourth-order valence-corrected chi connectivity index (χ4v) is 6.18. The Kier molecular flexibility index (Phi) is 8.81. The van der Waals surface area contributed by atoms with Gasteiger partial charge in [0.25, 0.3) is 5.92 Å². The number of aldehydes is 1.